The Morgan fingerprint density at radius 1 is 1.23 bits per heavy atom. The largest absolute Gasteiger partial charge is 0.375 e. The smallest absolute Gasteiger partial charge is 0.321 e. The minimum Gasteiger partial charge on any atom is -0.375 e. The summed E-state index contributed by atoms with van der Waals surface area (Å²) in [5.74, 6) is 0.0734. The molecule has 0 spiro atoms. The van der Waals surface area contributed by atoms with Crippen LogP contribution in [0.5, 0.6) is 0 Å². The van der Waals surface area contributed by atoms with Crippen molar-refractivity contribution in [2.45, 2.75) is 45.1 Å². The van der Waals surface area contributed by atoms with Crippen molar-refractivity contribution < 1.29 is 4.79 Å². The van der Waals surface area contributed by atoms with E-state index in [2.05, 4.69) is 20.6 Å². The van der Waals surface area contributed by atoms with Crippen LogP contribution in [0.2, 0.25) is 0 Å². The number of aliphatic imine (C=N–C) groups is 1. The molecule has 0 aliphatic heterocycles. The lowest BCUT2D eigenvalue weighted by molar-refractivity contribution is 0.237. The first-order valence-electron chi connectivity index (χ1n) is 8.76. The van der Waals surface area contributed by atoms with Gasteiger partial charge in [-0.1, -0.05) is 42.7 Å². The summed E-state index contributed by atoms with van der Waals surface area (Å²) in [5, 5.41) is 6.09. The molecule has 1 aromatic heterocycles. The molecule has 8 heteroatoms. The molecule has 0 radical (unpaired) electrons. The molecular formula is C18H24N6OS. The summed E-state index contributed by atoms with van der Waals surface area (Å²) in [7, 11) is 0. The first-order valence-corrected chi connectivity index (χ1v) is 9.58. The third kappa shape index (κ3) is 4.72. The van der Waals surface area contributed by atoms with Crippen molar-refractivity contribution in [2.75, 3.05) is 5.73 Å². The van der Waals surface area contributed by atoms with Crippen LogP contribution in [0.15, 0.2) is 29.3 Å². The second-order valence-corrected chi connectivity index (χ2v) is 7.47. The summed E-state index contributed by atoms with van der Waals surface area (Å²) in [6.45, 7) is 1.93. The van der Waals surface area contributed by atoms with Gasteiger partial charge >= 0.3 is 6.03 Å². The lowest BCUT2D eigenvalue weighted by Gasteiger charge is -2.22. The summed E-state index contributed by atoms with van der Waals surface area (Å²) < 4.78 is 0. The van der Waals surface area contributed by atoms with Crippen molar-refractivity contribution in [3.8, 4) is 10.4 Å². The van der Waals surface area contributed by atoms with Crippen LogP contribution < -0.4 is 22.1 Å². The second kappa shape index (κ2) is 8.18. The molecule has 1 aromatic carbocycles. The Kier molecular flexibility index (Phi) is 5.72. The van der Waals surface area contributed by atoms with E-state index in [1.165, 1.54) is 17.8 Å². The maximum absolute atomic E-state index is 12.0. The first-order chi connectivity index (χ1) is 12.5. The highest BCUT2D eigenvalue weighted by molar-refractivity contribution is 7.18. The van der Waals surface area contributed by atoms with E-state index in [1.54, 1.807) is 0 Å². The first kappa shape index (κ1) is 18.2. The average molecular weight is 372 g/mol. The maximum atomic E-state index is 12.0. The fourth-order valence-electron chi connectivity index (χ4n) is 3.12. The minimum absolute atomic E-state index is 0.0734. The number of amides is 2. The number of hydrogen-bond donors (Lipinski definition) is 4. The van der Waals surface area contributed by atoms with Gasteiger partial charge in [0.15, 0.2) is 5.13 Å². The van der Waals surface area contributed by atoms with Gasteiger partial charge in [0.05, 0.1) is 16.3 Å². The molecule has 0 saturated heterocycles. The van der Waals surface area contributed by atoms with Gasteiger partial charge < -0.3 is 16.8 Å². The molecule has 3 rings (SSSR count). The molecule has 0 bridgehead atoms. The predicted octanol–water partition coefficient (Wildman–Crippen LogP) is 3.28. The Hall–Kier alpha value is -2.61. The van der Waals surface area contributed by atoms with Gasteiger partial charge in [0.2, 0.25) is 5.96 Å². The van der Waals surface area contributed by atoms with E-state index in [1.807, 2.05) is 31.2 Å². The lowest BCUT2D eigenvalue weighted by atomic mass is 9.96. The zero-order valence-electron chi connectivity index (χ0n) is 14.8. The van der Waals surface area contributed by atoms with Crippen molar-refractivity contribution in [2.24, 2.45) is 10.7 Å². The number of thiazole rings is 1. The number of aromatic nitrogens is 1. The van der Waals surface area contributed by atoms with Crippen LogP contribution in [0.3, 0.4) is 0 Å². The van der Waals surface area contributed by atoms with E-state index in [0.29, 0.717) is 10.8 Å². The summed E-state index contributed by atoms with van der Waals surface area (Å²) in [6.07, 6.45) is 5.60. The van der Waals surface area contributed by atoms with E-state index in [0.717, 1.165) is 41.8 Å². The zero-order valence-corrected chi connectivity index (χ0v) is 15.6. The molecule has 138 valence electrons. The van der Waals surface area contributed by atoms with Gasteiger partial charge in [-0.3, -0.25) is 5.32 Å². The molecule has 1 heterocycles. The third-order valence-corrected chi connectivity index (χ3v) is 5.41. The summed E-state index contributed by atoms with van der Waals surface area (Å²) in [6, 6.07) is 7.50. The van der Waals surface area contributed by atoms with E-state index in [9.17, 15) is 4.79 Å². The Labute approximate surface area is 156 Å². The number of nitrogens with one attached hydrogen (secondary N) is 2. The van der Waals surface area contributed by atoms with Crippen LogP contribution in [0, 0.1) is 6.92 Å². The Morgan fingerprint density at radius 2 is 1.92 bits per heavy atom. The third-order valence-electron chi connectivity index (χ3n) is 4.37. The Bertz CT molecular complexity index is 793. The SMILES string of the molecule is Cc1nc(N)sc1-c1ccc(N=C(N)NC(=O)NC2CCCCC2)cc1. The van der Waals surface area contributed by atoms with Crippen molar-refractivity contribution in [3.63, 3.8) is 0 Å². The maximum Gasteiger partial charge on any atom is 0.321 e. The molecule has 1 saturated carbocycles. The molecule has 7 nitrogen and oxygen atoms in total. The highest BCUT2D eigenvalue weighted by atomic mass is 32.1. The summed E-state index contributed by atoms with van der Waals surface area (Å²) in [5.41, 5.74) is 14.2. The predicted molar refractivity (Wildman–Crippen MR) is 107 cm³/mol. The molecule has 26 heavy (non-hydrogen) atoms. The topological polar surface area (TPSA) is 118 Å². The van der Waals surface area contributed by atoms with Gasteiger partial charge in [-0.05, 0) is 37.5 Å². The van der Waals surface area contributed by atoms with Gasteiger partial charge in [-0.2, -0.15) is 0 Å². The fraction of sp³-hybridized carbons (Fsp3) is 0.389. The van der Waals surface area contributed by atoms with E-state index < -0.39 is 0 Å². The summed E-state index contributed by atoms with van der Waals surface area (Å²) in [4.78, 5) is 21.5. The van der Waals surface area contributed by atoms with Crippen molar-refractivity contribution in [3.05, 3.63) is 30.0 Å². The van der Waals surface area contributed by atoms with Crippen LogP contribution in [0.25, 0.3) is 10.4 Å². The number of anilines is 1. The van der Waals surface area contributed by atoms with E-state index in [4.69, 9.17) is 11.5 Å². The highest BCUT2D eigenvalue weighted by Gasteiger charge is 2.15. The molecular weight excluding hydrogens is 348 g/mol. The number of nitrogen functional groups attached to an aromatic ring is 1. The standard InChI is InChI=1S/C18H24N6OS/c1-11-15(26-17(20)21-11)12-7-9-14(10-8-12)22-16(19)24-18(25)23-13-5-3-2-4-6-13/h7-10,13H,2-6H2,1H3,(H2,20,21)(H4,19,22,23,24,25). The lowest BCUT2D eigenvalue weighted by Crippen LogP contribution is -2.47. The van der Waals surface area contributed by atoms with Gasteiger partial charge in [-0.25, -0.2) is 14.8 Å². The molecule has 6 N–H and O–H groups in total. The number of hydrogen-bond acceptors (Lipinski definition) is 5. The normalized spacial score (nSPS) is 15.7. The number of carbonyl (C=O) groups excluding carboxylic acids is 1. The number of benzene rings is 1. The quantitative estimate of drug-likeness (QED) is 0.488. The van der Waals surface area contributed by atoms with Crippen LogP contribution in [-0.4, -0.2) is 23.0 Å². The fourth-order valence-corrected chi connectivity index (χ4v) is 3.96. The minimum atomic E-state index is -0.300. The van der Waals surface area contributed by atoms with Gasteiger partial charge in [-0.15, -0.1) is 0 Å². The van der Waals surface area contributed by atoms with Crippen molar-refractivity contribution in [1.29, 1.82) is 0 Å². The second-order valence-electron chi connectivity index (χ2n) is 6.44. The molecule has 1 aliphatic carbocycles. The van der Waals surface area contributed by atoms with Crippen LogP contribution >= 0.6 is 11.3 Å². The van der Waals surface area contributed by atoms with Crippen molar-refractivity contribution in [1.82, 2.24) is 15.6 Å². The molecule has 1 aliphatic rings. The molecule has 2 amide bonds. The zero-order chi connectivity index (χ0) is 18.5. The molecule has 2 aromatic rings. The van der Waals surface area contributed by atoms with E-state index in [-0.39, 0.29) is 18.0 Å². The van der Waals surface area contributed by atoms with Gasteiger partial charge in [0.1, 0.15) is 0 Å². The van der Waals surface area contributed by atoms with Gasteiger partial charge in [0, 0.05) is 6.04 Å². The number of carbonyl (C=O) groups is 1. The van der Waals surface area contributed by atoms with Crippen LogP contribution in [-0.2, 0) is 0 Å². The monoisotopic (exact) mass is 372 g/mol. The molecule has 0 unspecified atom stereocenters. The van der Waals surface area contributed by atoms with Gasteiger partial charge in [0.25, 0.3) is 0 Å². The van der Waals surface area contributed by atoms with Crippen LogP contribution in [0.4, 0.5) is 15.6 Å². The number of nitrogens with two attached hydrogens (primary N) is 2. The number of aryl methyl sites for hydroxylation is 1. The summed E-state index contributed by atoms with van der Waals surface area (Å²) >= 11 is 1.45. The number of nitrogens with zero attached hydrogens (tertiary/aromatic N) is 2. The molecule has 0 atom stereocenters. The van der Waals surface area contributed by atoms with Crippen molar-refractivity contribution >= 4 is 34.1 Å². The van der Waals surface area contributed by atoms with E-state index >= 15 is 0 Å². The Morgan fingerprint density at radius 3 is 2.54 bits per heavy atom. The average Bonchev–Trinajstić information content (AvgIpc) is 2.94. The number of guanidine groups is 1. The molecule has 1 fully saturated rings. The van der Waals surface area contributed by atoms with Crippen LogP contribution in [0.1, 0.15) is 37.8 Å². The highest BCUT2D eigenvalue weighted by Crippen LogP contribution is 2.32. The number of urea groups is 1. The number of rotatable bonds is 3. The Balaban J connectivity index is 1.59.